The number of Topliss-reactive ketones (excluding diaryl/α,β-unsaturated/α-hetero) is 1. The van der Waals surface area contributed by atoms with E-state index in [0.717, 1.165) is 0 Å². The third kappa shape index (κ3) is 2.84. The van der Waals surface area contributed by atoms with Crippen LogP contribution in [0.2, 0.25) is 0 Å². The van der Waals surface area contributed by atoms with Crippen LogP contribution >= 0.6 is 0 Å². The number of hydrogen-bond acceptors (Lipinski definition) is 4. The average Bonchev–Trinajstić information content (AvgIpc) is 3.09. The largest absolute Gasteiger partial charge is 0.503 e. The number of amides is 1. The number of nitrogens with zero attached hydrogens (tertiary/aromatic N) is 1. The normalized spacial score (nSPS) is 17.7. The molecule has 0 spiro atoms. The zero-order valence-corrected chi connectivity index (χ0v) is 14.1. The lowest BCUT2D eigenvalue weighted by Gasteiger charge is -2.25. The molecule has 1 aromatic carbocycles. The van der Waals surface area contributed by atoms with Crippen molar-refractivity contribution < 1.29 is 23.5 Å². The molecule has 1 N–H and O–H groups in total. The Morgan fingerprint density at radius 3 is 2.56 bits per heavy atom. The van der Waals surface area contributed by atoms with Crippen molar-refractivity contribution in [3.05, 3.63) is 65.1 Å². The van der Waals surface area contributed by atoms with E-state index in [-0.39, 0.29) is 17.0 Å². The molecule has 0 saturated heterocycles. The van der Waals surface area contributed by atoms with Crippen LogP contribution in [0.4, 0.5) is 10.1 Å². The second-order valence-corrected chi connectivity index (χ2v) is 6.29. The molecule has 0 radical (unpaired) electrons. The number of ketones is 1. The molecular formula is C19H18FNO4. The average molecular weight is 343 g/mol. The highest BCUT2D eigenvalue weighted by atomic mass is 19.1. The number of aryl methyl sites for hydroxylation is 1. The van der Waals surface area contributed by atoms with E-state index in [9.17, 15) is 19.1 Å². The molecule has 5 nitrogen and oxygen atoms in total. The highest BCUT2D eigenvalue weighted by Crippen LogP contribution is 2.42. The third-order valence-corrected chi connectivity index (χ3v) is 4.11. The van der Waals surface area contributed by atoms with E-state index >= 15 is 0 Å². The predicted molar refractivity (Wildman–Crippen MR) is 89.6 cm³/mol. The zero-order valence-electron chi connectivity index (χ0n) is 14.1. The first-order valence-corrected chi connectivity index (χ1v) is 7.94. The van der Waals surface area contributed by atoms with Gasteiger partial charge in [-0.2, -0.15) is 0 Å². The van der Waals surface area contributed by atoms with Crippen LogP contribution in [0, 0.1) is 18.7 Å². The topological polar surface area (TPSA) is 70.8 Å². The summed E-state index contributed by atoms with van der Waals surface area (Å²) < 4.78 is 19.3. The van der Waals surface area contributed by atoms with Gasteiger partial charge in [-0.1, -0.05) is 19.9 Å². The number of furan rings is 1. The molecule has 0 bridgehead atoms. The van der Waals surface area contributed by atoms with E-state index in [4.69, 9.17) is 4.42 Å². The highest BCUT2D eigenvalue weighted by molar-refractivity contribution is 6.16. The summed E-state index contributed by atoms with van der Waals surface area (Å²) in [5.74, 6) is -1.74. The van der Waals surface area contributed by atoms with Crippen LogP contribution in [0.5, 0.6) is 0 Å². The number of anilines is 1. The summed E-state index contributed by atoms with van der Waals surface area (Å²) >= 11 is 0. The predicted octanol–water partition coefficient (Wildman–Crippen LogP) is 3.85. The van der Waals surface area contributed by atoms with Gasteiger partial charge in [-0.15, -0.1) is 0 Å². The molecule has 3 rings (SSSR count). The Balaban J connectivity index is 2.18. The molecule has 0 aliphatic carbocycles. The Kier molecular flexibility index (Phi) is 4.20. The van der Waals surface area contributed by atoms with E-state index < -0.39 is 29.4 Å². The quantitative estimate of drug-likeness (QED) is 0.915. The van der Waals surface area contributed by atoms with Gasteiger partial charge in [0.05, 0.1) is 5.57 Å². The minimum absolute atomic E-state index is 0.0291. The number of halogens is 1. The summed E-state index contributed by atoms with van der Waals surface area (Å²) in [7, 11) is 0. The summed E-state index contributed by atoms with van der Waals surface area (Å²) in [5, 5.41) is 10.3. The fraction of sp³-hybridized carbons (Fsp3) is 0.263. The Morgan fingerprint density at radius 2 is 2.00 bits per heavy atom. The maximum atomic E-state index is 13.7. The Labute approximate surface area is 144 Å². The van der Waals surface area contributed by atoms with Crippen LogP contribution in [-0.2, 0) is 9.59 Å². The van der Waals surface area contributed by atoms with E-state index in [0.29, 0.717) is 11.5 Å². The number of aliphatic hydroxyl groups is 1. The van der Waals surface area contributed by atoms with Crippen LogP contribution < -0.4 is 4.90 Å². The van der Waals surface area contributed by atoms with Crippen molar-refractivity contribution in [2.24, 2.45) is 5.92 Å². The fourth-order valence-electron chi connectivity index (χ4n) is 2.93. The molecule has 1 atom stereocenters. The lowest BCUT2D eigenvalue weighted by Crippen LogP contribution is -2.31. The molecule has 6 heteroatoms. The molecule has 2 heterocycles. The lowest BCUT2D eigenvalue weighted by molar-refractivity contribution is -0.119. The SMILES string of the molecule is Cc1ccc(C2C(C(=O)C(C)C)=C(O)C(=O)N2c2cccc(F)c2)o1. The highest BCUT2D eigenvalue weighted by Gasteiger charge is 2.46. The molecule has 0 fully saturated rings. The minimum Gasteiger partial charge on any atom is -0.503 e. The summed E-state index contributed by atoms with van der Waals surface area (Å²) in [6.45, 7) is 5.10. The van der Waals surface area contributed by atoms with Gasteiger partial charge in [-0.05, 0) is 37.3 Å². The van der Waals surface area contributed by atoms with Crippen LogP contribution in [-0.4, -0.2) is 16.8 Å². The molecule has 1 unspecified atom stereocenters. The molecular weight excluding hydrogens is 325 g/mol. The van der Waals surface area contributed by atoms with Crippen molar-refractivity contribution in [2.45, 2.75) is 26.8 Å². The molecule has 130 valence electrons. The summed E-state index contributed by atoms with van der Waals surface area (Å²) in [4.78, 5) is 26.5. The van der Waals surface area contributed by atoms with Crippen molar-refractivity contribution in [3.63, 3.8) is 0 Å². The Bertz CT molecular complexity index is 881. The van der Waals surface area contributed by atoms with Gasteiger partial charge in [0.1, 0.15) is 23.4 Å². The van der Waals surface area contributed by atoms with Crippen molar-refractivity contribution in [3.8, 4) is 0 Å². The zero-order chi connectivity index (χ0) is 18.3. The number of rotatable bonds is 4. The minimum atomic E-state index is -0.933. The lowest BCUT2D eigenvalue weighted by atomic mass is 9.94. The molecule has 25 heavy (non-hydrogen) atoms. The van der Waals surface area contributed by atoms with Gasteiger partial charge in [-0.3, -0.25) is 14.5 Å². The van der Waals surface area contributed by atoms with E-state index in [2.05, 4.69) is 0 Å². The Morgan fingerprint density at radius 1 is 1.28 bits per heavy atom. The van der Waals surface area contributed by atoms with E-state index in [1.807, 2.05) is 0 Å². The van der Waals surface area contributed by atoms with Gasteiger partial charge in [0.25, 0.3) is 5.91 Å². The number of carbonyl (C=O) groups excluding carboxylic acids is 2. The maximum absolute atomic E-state index is 13.7. The van der Waals surface area contributed by atoms with Crippen LogP contribution in [0.25, 0.3) is 0 Å². The standard InChI is InChI=1S/C19H18FNO4/c1-10(2)17(22)15-16(14-8-7-11(3)25-14)21(19(24)18(15)23)13-6-4-5-12(20)9-13/h4-10,16,23H,1-3H3. The van der Waals surface area contributed by atoms with E-state index in [1.54, 1.807) is 39.0 Å². The van der Waals surface area contributed by atoms with Gasteiger partial charge in [0, 0.05) is 11.6 Å². The van der Waals surface area contributed by atoms with Crippen molar-refractivity contribution in [1.82, 2.24) is 0 Å². The summed E-state index contributed by atoms with van der Waals surface area (Å²) in [5.41, 5.74) is 0.209. The smallest absolute Gasteiger partial charge is 0.294 e. The van der Waals surface area contributed by atoms with Crippen LogP contribution in [0.1, 0.15) is 31.4 Å². The van der Waals surface area contributed by atoms with Gasteiger partial charge in [-0.25, -0.2) is 4.39 Å². The third-order valence-electron chi connectivity index (χ3n) is 4.11. The van der Waals surface area contributed by atoms with Crippen molar-refractivity contribution in [1.29, 1.82) is 0 Å². The second kappa shape index (κ2) is 6.20. The molecule has 1 aliphatic heterocycles. The molecule has 1 aliphatic rings. The molecule has 1 aromatic heterocycles. The van der Waals surface area contributed by atoms with E-state index in [1.165, 1.54) is 23.1 Å². The van der Waals surface area contributed by atoms with Gasteiger partial charge in [0.2, 0.25) is 0 Å². The molecule has 1 amide bonds. The first-order valence-electron chi connectivity index (χ1n) is 7.94. The van der Waals surface area contributed by atoms with Gasteiger partial charge >= 0.3 is 0 Å². The Hall–Kier alpha value is -2.89. The van der Waals surface area contributed by atoms with Crippen molar-refractivity contribution >= 4 is 17.4 Å². The van der Waals surface area contributed by atoms with Gasteiger partial charge < -0.3 is 9.52 Å². The monoisotopic (exact) mass is 343 g/mol. The molecule has 2 aromatic rings. The first-order chi connectivity index (χ1) is 11.8. The number of hydrogen-bond donors (Lipinski definition) is 1. The second-order valence-electron chi connectivity index (χ2n) is 6.29. The maximum Gasteiger partial charge on any atom is 0.294 e. The van der Waals surface area contributed by atoms with Crippen molar-refractivity contribution in [2.75, 3.05) is 4.90 Å². The summed E-state index contributed by atoms with van der Waals surface area (Å²) in [6, 6.07) is 7.85. The number of carbonyl (C=O) groups is 2. The van der Waals surface area contributed by atoms with Gasteiger partial charge in [0.15, 0.2) is 11.5 Å². The number of benzene rings is 1. The number of aliphatic hydroxyl groups excluding tert-OH is 1. The summed E-state index contributed by atoms with van der Waals surface area (Å²) in [6.07, 6.45) is 0. The molecule has 0 saturated carbocycles. The van der Waals surface area contributed by atoms with Crippen LogP contribution in [0.3, 0.4) is 0 Å². The first kappa shape index (κ1) is 17.0. The fourth-order valence-corrected chi connectivity index (χ4v) is 2.93. The van der Waals surface area contributed by atoms with Crippen LogP contribution in [0.15, 0.2) is 52.1 Å².